The van der Waals surface area contributed by atoms with Gasteiger partial charge in [-0.2, -0.15) is 0 Å². The third kappa shape index (κ3) is 4.44. The van der Waals surface area contributed by atoms with E-state index in [9.17, 15) is 10.1 Å². The Labute approximate surface area is 134 Å². The third-order valence-corrected chi connectivity index (χ3v) is 3.54. The van der Waals surface area contributed by atoms with Crippen molar-refractivity contribution in [1.82, 2.24) is 0 Å². The molecule has 2 aromatic rings. The number of benzene rings is 2. The van der Waals surface area contributed by atoms with E-state index >= 15 is 0 Å². The lowest BCUT2D eigenvalue weighted by Gasteiger charge is -2.10. The van der Waals surface area contributed by atoms with Crippen LogP contribution in [-0.4, -0.2) is 19.0 Å². The molecule has 0 bridgehead atoms. The van der Waals surface area contributed by atoms with Crippen LogP contribution in [-0.2, 0) is 13.1 Å². The van der Waals surface area contributed by atoms with Gasteiger partial charge >= 0.3 is 0 Å². The summed E-state index contributed by atoms with van der Waals surface area (Å²) < 4.78 is 0. The smallest absolute Gasteiger partial charge is 0.271 e. The first-order valence-corrected chi connectivity index (χ1v) is 7.38. The van der Waals surface area contributed by atoms with Crippen LogP contribution in [0.2, 0.25) is 5.02 Å². The highest BCUT2D eigenvalue weighted by atomic mass is 35.5. The summed E-state index contributed by atoms with van der Waals surface area (Å²) in [6.45, 7) is 1.61. The molecule has 0 atom stereocenters. The van der Waals surface area contributed by atoms with E-state index in [1.165, 1.54) is 22.6 Å². The van der Waals surface area contributed by atoms with Gasteiger partial charge in [-0.25, -0.2) is 0 Å². The fraction of sp³-hybridized carbons (Fsp3) is 0.250. The Balaban J connectivity index is 1.99. The van der Waals surface area contributed by atoms with Gasteiger partial charge in [0.05, 0.1) is 29.7 Å². The molecule has 0 radical (unpaired) electrons. The number of hydrogen-bond donors (Lipinski definition) is 2. The van der Waals surface area contributed by atoms with Gasteiger partial charge in [-0.3, -0.25) is 10.1 Å². The van der Waals surface area contributed by atoms with Crippen LogP contribution in [0.1, 0.15) is 11.1 Å². The molecule has 6 heteroatoms. The summed E-state index contributed by atoms with van der Waals surface area (Å²) >= 11 is 6.05. The lowest BCUT2D eigenvalue weighted by atomic mass is 10.1. The van der Waals surface area contributed by atoms with Crippen LogP contribution < -0.4 is 10.2 Å². The molecular weight excluding hydrogens is 302 g/mol. The number of non-ortho nitro benzene ring substituents is 1. The van der Waals surface area contributed by atoms with Crippen molar-refractivity contribution in [2.75, 3.05) is 19.4 Å². The summed E-state index contributed by atoms with van der Waals surface area (Å²) in [5, 5.41) is 14.2. The van der Waals surface area contributed by atoms with Gasteiger partial charge in [0.1, 0.15) is 6.54 Å². The molecule has 0 aliphatic heterocycles. The van der Waals surface area contributed by atoms with Crippen molar-refractivity contribution in [3.05, 3.63) is 68.7 Å². The molecule has 0 saturated carbocycles. The van der Waals surface area contributed by atoms with Gasteiger partial charge in [-0.05, 0) is 11.6 Å². The molecule has 0 fully saturated rings. The second-order valence-electron chi connectivity index (χ2n) is 5.48. The SMILES string of the molecule is C[NH+](C)Cc1ccc(CNc2ccc([N+](=O)[O-])cc2Cl)cc1. The minimum Gasteiger partial charge on any atom is -0.380 e. The van der Waals surface area contributed by atoms with Crippen molar-refractivity contribution < 1.29 is 9.82 Å². The molecule has 2 N–H and O–H groups in total. The van der Waals surface area contributed by atoms with Gasteiger partial charge < -0.3 is 10.2 Å². The number of quaternary nitrogens is 1. The molecule has 2 aromatic carbocycles. The Hall–Kier alpha value is -2.11. The van der Waals surface area contributed by atoms with Crippen molar-refractivity contribution >= 4 is 23.0 Å². The predicted octanol–water partition coefficient (Wildman–Crippen LogP) is 2.50. The van der Waals surface area contributed by atoms with E-state index in [-0.39, 0.29) is 5.69 Å². The largest absolute Gasteiger partial charge is 0.380 e. The molecule has 0 unspecified atom stereocenters. The normalized spacial score (nSPS) is 10.7. The summed E-state index contributed by atoms with van der Waals surface area (Å²) in [5.41, 5.74) is 3.10. The van der Waals surface area contributed by atoms with E-state index < -0.39 is 4.92 Å². The Bertz CT molecular complexity index is 657. The Morgan fingerprint density at radius 1 is 1.14 bits per heavy atom. The number of anilines is 1. The van der Waals surface area contributed by atoms with E-state index in [2.05, 4.69) is 43.7 Å². The highest BCUT2D eigenvalue weighted by Gasteiger charge is 2.09. The number of halogens is 1. The molecule has 0 aliphatic rings. The van der Waals surface area contributed by atoms with Crippen LogP contribution in [0.4, 0.5) is 11.4 Å². The van der Waals surface area contributed by atoms with Crippen molar-refractivity contribution in [1.29, 1.82) is 0 Å². The van der Waals surface area contributed by atoms with Gasteiger partial charge in [-0.1, -0.05) is 35.9 Å². The molecule has 116 valence electrons. The van der Waals surface area contributed by atoms with E-state index in [0.717, 1.165) is 12.1 Å². The molecule has 22 heavy (non-hydrogen) atoms. The zero-order valence-corrected chi connectivity index (χ0v) is 13.4. The van der Waals surface area contributed by atoms with Crippen LogP contribution in [0.3, 0.4) is 0 Å². The maximum Gasteiger partial charge on any atom is 0.271 e. The Kier molecular flexibility index (Phi) is 5.35. The van der Waals surface area contributed by atoms with E-state index in [0.29, 0.717) is 17.3 Å². The number of nitrogens with one attached hydrogen (secondary N) is 2. The molecule has 0 aliphatic carbocycles. The zero-order valence-electron chi connectivity index (χ0n) is 12.6. The minimum absolute atomic E-state index is 0.00825. The number of nitro groups is 1. The van der Waals surface area contributed by atoms with Crippen LogP contribution >= 0.6 is 11.6 Å². The molecule has 0 spiro atoms. The Morgan fingerprint density at radius 3 is 2.32 bits per heavy atom. The van der Waals surface area contributed by atoms with Crippen LogP contribution in [0.5, 0.6) is 0 Å². The first kappa shape index (κ1) is 16.3. The zero-order chi connectivity index (χ0) is 16.1. The standard InChI is InChI=1S/C16H18ClN3O2/c1-19(2)11-13-5-3-12(4-6-13)10-18-16-8-7-14(20(21)22)9-15(16)17/h3-9,18H,10-11H2,1-2H3/p+1. The van der Waals surface area contributed by atoms with Gasteiger partial charge in [-0.15, -0.1) is 0 Å². The second kappa shape index (κ2) is 7.24. The number of hydrogen-bond acceptors (Lipinski definition) is 3. The highest BCUT2D eigenvalue weighted by molar-refractivity contribution is 6.33. The maximum atomic E-state index is 10.7. The average molecular weight is 321 g/mol. The van der Waals surface area contributed by atoms with Gasteiger partial charge in [0.15, 0.2) is 0 Å². The number of nitro benzene ring substituents is 1. The highest BCUT2D eigenvalue weighted by Crippen LogP contribution is 2.27. The first-order valence-electron chi connectivity index (χ1n) is 7.00. The summed E-state index contributed by atoms with van der Waals surface area (Å²) in [7, 11) is 4.23. The number of nitrogens with zero attached hydrogens (tertiary/aromatic N) is 1. The second-order valence-corrected chi connectivity index (χ2v) is 5.88. The van der Waals surface area contributed by atoms with Crippen molar-refractivity contribution in [3.63, 3.8) is 0 Å². The van der Waals surface area contributed by atoms with E-state index in [1.807, 2.05) is 0 Å². The molecule has 5 nitrogen and oxygen atoms in total. The fourth-order valence-corrected chi connectivity index (χ4v) is 2.38. The summed E-state index contributed by atoms with van der Waals surface area (Å²) in [5.74, 6) is 0. The first-order chi connectivity index (χ1) is 10.5. The summed E-state index contributed by atoms with van der Waals surface area (Å²) in [6.07, 6.45) is 0. The molecular formula is C16H19ClN3O2+. The summed E-state index contributed by atoms with van der Waals surface area (Å²) in [6, 6.07) is 12.8. The van der Waals surface area contributed by atoms with Gasteiger partial charge in [0.2, 0.25) is 0 Å². The maximum absolute atomic E-state index is 10.7. The van der Waals surface area contributed by atoms with Crippen molar-refractivity contribution in [2.45, 2.75) is 13.1 Å². The lowest BCUT2D eigenvalue weighted by Crippen LogP contribution is -3.04. The molecule has 0 aromatic heterocycles. The van der Waals surface area contributed by atoms with Crippen LogP contribution in [0, 0.1) is 10.1 Å². The van der Waals surface area contributed by atoms with Crippen LogP contribution in [0.25, 0.3) is 0 Å². The van der Waals surface area contributed by atoms with Crippen LogP contribution in [0.15, 0.2) is 42.5 Å². The monoisotopic (exact) mass is 320 g/mol. The summed E-state index contributed by atoms with van der Waals surface area (Å²) in [4.78, 5) is 11.6. The lowest BCUT2D eigenvalue weighted by molar-refractivity contribution is -0.872. The van der Waals surface area contributed by atoms with E-state index in [4.69, 9.17) is 11.6 Å². The predicted molar refractivity (Wildman–Crippen MR) is 88.4 cm³/mol. The van der Waals surface area contributed by atoms with Crippen molar-refractivity contribution in [2.24, 2.45) is 0 Å². The molecule has 0 amide bonds. The molecule has 2 rings (SSSR count). The fourth-order valence-electron chi connectivity index (χ4n) is 2.14. The van der Waals surface area contributed by atoms with Gasteiger partial charge in [0.25, 0.3) is 5.69 Å². The minimum atomic E-state index is -0.457. The Morgan fingerprint density at radius 2 is 1.77 bits per heavy atom. The quantitative estimate of drug-likeness (QED) is 0.635. The van der Waals surface area contributed by atoms with Gasteiger partial charge in [0, 0.05) is 24.2 Å². The number of rotatable bonds is 6. The molecule has 0 saturated heterocycles. The third-order valence-electron chi connectivity index (χ3n) is 3.23. The van der Waals surface area contributed by atoms with Crippen molar-refractivity contribution in [3.8, 4) is 0 Å². The van der Waals surface area contributed by atoms with E-state index in [1.54, 1.807) is 6.07 Å². The molecule has 0 heterocycles. The average Bonchev–Trinajstić information content (AvgIpc) is 2.46. The topological polar surface area (TPSA) is 59.6 Å².